The normalized spacial score (nSPS) is 12.2. The molecule has 0 atom stereocenters. The Kier molecular flexibility index (Phi) is 4.08. The highest BCUT2D eigenvalue weighted by Crippen LogP contribution is 2.34. The van der Waals surface area contributed by atoms with Crippen LogP contribution in [0.3, 0.4) is 0 Å². The van der Waals surface area contributed by atoms with Gasteiger partial charge in [0.05, 0.1) is 12.1 Å². The van der Waals surface area contributed by atoms with Crippen LogP contribution in [0.4, 0.5) is 5.69 Å². The summed E-state index contributed by atoms with van der Waals surface area (Å²) in [6, 6.07) is 13.2. The van der Waals surface area contributed by atoms with Crippen LogP contribution in [-0.4, -0.2) is 17.7 Å². The number of aromatic nitrogens is 1. The van der Waals surface area contributed by atoms with Gasteiger partial charge in [0.1, 0.15) is 5.76 Å². The molecular formula is C20H18N2O4. The van der Waals surface area contributed by atoms with Gasteiger partial charge in [-0.2, -0.15) is 0 Å². The summed E-state index contributed by atoms with van der Waals surface area (Å²) < 4.78 is 16.4. The number of nitrogens with zero attached hydrogens (tertiary/aromatic N) is 1. The first-order valence-corrected chi connectivity index (χ1v) is 8.32. The van der Waals surface area contributed by atoms with Crippen molar-refractivity contribution in [2.45, 2.75) is 20.3 Å². The number of benzene rings is 2. The number of carbonyl (C=O) groups is 1. The van der Waals surface area contributed by atoms with Crippen molar-refractivity contribution in [3.63, 3.8) is 0 Å². The van der Waals surface area contributed by atoms with E-state index >= 15 is 0 Å². The Balaban J connectivity index is 1.49. The minimum absolute atomic E-state index is 0.135. The van der Waals surface area contributed by atoms with Gasteiger partial charge in [0.15, 0.2) is 11.5 Å². The second-order valence-corrected chi connectivity index (χ2v) is 6.13. The van der Waals surface area contributed by atoms with Gasteiger partial charge in [0.2, 0.25) is 18.6 Å². The highest BCUT2D eigenvalue weighted by atomic mass is 16.7. The smallest absolute Gasteiger partial charge is 0.231 e. The summed E-state index contributed by atoms with van der Waals surface area (Å²) >= 11 is 0. The molecule has 2 aromatic carbocycles. The van der Waals surface area contributed by atoms with E-state index in [0.717, 1.165) is 11.1 Å². The quantitative estimate of drug-likeness (QED) is 0.773. The monoisotopic (exact) mass is 350 g/mol. The zero-order valence-electron chi connectivity index (χ0n) is 14.5. The fraction of sp³-hybridized carbons (Fsp3) is 0.200. The first-order chi connectivity index (χ1) is 12.6. The Morgan fingerprint density at radius 2 is 1.92 bits per heavy atom. The molecule has 0 fully saturated rings. The molecule has 1 aromatic heterocycles. The van der Waals surface area contributed by atoms with Crippen LogP contribution in [0.5, 0.6) is 11.5 Å². The largest absolute Gasteiger partial charge is 0.454 e. The summed E-state index contributed by atoms with van der Waals surface area (Å²) in [5.74, 6) is 2.31. The molecule has 6 nitrogen and oxygen atoms in total. The Bertz CT molecular complexity index is 978. The minimum Gasteiger partial charge on any atom is -0.454 e. The molecule has 0 saturated carbocycles. The van der Waals surface area contributed by atoms with Crippen molar-refractivity contribution in [3.05, 3.63) is 59.5 Å². The number of aryl methyl sites for hydroxylation is 2. The molecule has 0 saturated heterocycles. The number of fused-ring (bicyclic) bond motifs is 1. The van der Waals surface area contributed by atoms with E-state index in [0.29, 0.717) is 34.5 Å². The molecule has 4 rings (SSSR count). The van der Waals surface area contributed by atoms with Gasteiger partial charge >= 0.3 is 0 Å². The number of hydrogen-bond acceptors (Lipinski definition) is 5. The summed E-state index contributed by atoms with van der Waals surface area (Å²) in [5, 5.41) is 2.85. The van der Waals surface area contributed by atoms with Gasteiger partial charge in [-0.05, 0) is 37.6 Å². The number of carbonyl (C=O) groups excluding carboxylic acids is 1. The van der Waals surface area contributed by atoms with Crippen LogP contribution in [0.2, 0.25) is 0 Å². The molecule has 0 unspecified atom stereocenters. The van der Waals surface area contributed by atoms with E-state index < -0.39 is 0 Å². The van der Waals surface area contributed by atoms with E-state index in [4.69, 9.17) is 13.9 Å². The van der Waals surface area contributed by atoms with E-state index in [9.17, 15) is 4.79 Å². The molecule has 26 heavy (non-hydrogen) atoms. The summed E-state index contributed by atoms with van der Waals surface area (Å²) in [5.41, 5.74) is 3.28. The molecule has 1 amide bonds. The fourth-order valence-electron chi connectivity index (χ4n) is 2.85. The van der Waals surface area contributed by atoms with E-state index in [-0.39, 0.29) is 19.1 Å². The SMILES string of the molecule is Cc1ccccc1-c1nc(CC(=O)Nc2ccc3c(c2)OCO3)c(C)o1. The van der Waals surface area contributed by atoms with Gasteiger partial charge in [-0.15, -0.1) is 0 Å². The molecule has 1 aliphatic heterocycles. The molecule has 3 aromatic rings. The van der Waals surface area contributed by atoms with Crippen LogP contribution in [0.15, 0.2) is 46.9 Å². The zero-order valence-corrected chi connectivity index (χ0v) is 14.5. The fourth-order valence-corrected chi connectivity index (χ4v) is 2.85. The molecule has 0 spiro atoms. The molecular weight excluding hydrogens is 332 g/mol. The predicted molar refractivity (Wildman–Crippen MR) is 96.3 cm³/mol. The number of nitrogens with one attached hydrogen (secondary N) is 1. The average molecular weight is 350 g/mol. The summed E-state index contributed by atoms with van der Waals surface area (Å²) in [6.07, 6.45) is 0.135. The Hall–Kier alpha value is -3.28. The van der Waals surface area contributed by atoms with Crippen molar-refractivity contribution in [2.75, 3.05) is 12.1 Å². The van der Waals surface area contributed by atoms with Crippen LogP contribution in [0.1, 0.15) is 17.0 Å². The maximum atomic E-state index is 12.4. The lowest BCUT2D eigenvalue weighted by atomic mass is 10.1. The third-order valence-electron chi connectivity index (χ3n) is 4.25. The van der Waals surface area contributed by atoms with Gasteiger partial charge in [0, 0.05) is 17.3 Å². The van der Waals surface area contributed by atoms with Gasteiger partial charge in [-0.1, -0.05) is 18.2 Å². The highest BCUT2D eigenvalue weighted by molar-refractivity contribution is 5.92. The first kappa shape index (κ1) is 16.2. The van der Waals surface area contributed by atoms with Crippen molar-refractivity contribution in [1.29, 1.82) is 0 Å². The van der Waals surface area contributed by atoms with E-state index in [1.807, 2.05) is 38.1 Å². The molecule has 0 bridgehead atoms. The van der Waals surface area contributed by atoms with Crippen molar-refractivity contribution in [2.24, 2.45) is 0 Å². The van der Waals surface area contributed by atoms with Crippen molar-refractivity contribution in [3.8, 4) is 23.0 Å². The maximum Gasteiger partial charge on any atom is 0.231 e. The van der Waals surface area contributed by atoms with Gasteiger partial charge in [-0.3, -0.25) is 4.79 Å². The summed E-state index contributed by atoms with van der Waals surface area (Å²) in [7, 11) is 0. The van der Waals surface area contributed by atoms with Crippen LogP contribution >= 0.6 is 0 Å². The Morgan fingerprint density at radius 1 is 1.12 bits per heavy atom. The highest BCUT2D eigenvalue weighted by Gasteiger charge is 2.17. The minimum atomic E-state index is -0.170. The van der Waals surface area contributed by atoms with Crippen molar-refractivity contribution >= 4 is 11.6 Å². The number of rotatable bonds is 4. The van der Waals surface area contributed by atoms with E-state index in [1.54, 1.807) is 18.2 Å². The standard InChI is InChI=1S/C20H18N2O4/c1-12-5-3-4-6-15(12)20-22-16(13(2)26-20)10-19(23)21-14-7-8-17-18(9-14)25-11-24-17/h3-9H,10-11H2,1-2H3,(H,21,23). The molecule has 0 aliphatic carbocycles. The number of anilines is 1. The zero-order chi connectivity index (χ0) is 18.1. The van der Waals surface area contributed by atoms with Crippen LogP contribution in [-0.2, 0) is 11.2 Å². The van der Waals surface area contributed by atoms with Gasteiger partial charge < -0.3 is 19.2 Å². The molecule has 2 heterocycles. The number of hydrogen-bond donors (Lipinski definition) is 1. The Morgan fingerprint density at radius 3 is 2.77 bits per heavy atom. The van der Waals surface area contributed by atoms with E-state index in [2.05, 4.69) is 10.3 Å². The Labute approximate surface area is 150 Å². The number of ether oxygens (including phenoxy) is 2. The third kappa shape index (κ3) is 3.13. The lowest BCUT2D eigenvalue weighted by Gasteiger charge is -2.05. The van der Waals surface area contributed by atoms with E-state index in [1.165, 1.54) is 0 Å². The third-order valence-corrected chi connectivity index (χ3v) is 4.25. The lowest BCUT2D eigenvalue weighted by molar-refractivity contribution is -0.115. The van der Waals surface area contributed by atoms with Crippen LogP contribution in [0.25, 0.3) is 11.5 Å². The van der Waals surface area contributed by atoms with Crippen molar-refractivity contribution in [1.82, 2.24) is 4.98 Å². The summed E-state index contributed by atoms with van der Waals surface area (Å²) in [4.78, 5) is 16.9. The molecule has 1 aliphatic rings. The second kappa shape index (κ2) is 6.55. The molecule has 0 radical (unpaired) electrons. The lowest BCUT2D eigenvalue weighted by Crippen LogP contribution is -2.15. The number of amides is 1. The van der Waals surface area contributed by atoms with Gasteiger partial charge in [0.25, 0.3) is 0 Å². The molecule has 6 heteroatoms. The van der Waals surface area contributed by atoms with Crippen LogP contribution < -0.4 is 14.8 Å². The first-order valence-electron chi connectivity index (χ1n) is 8.32. The maximum absolute atomic E-state index is 12.4. The molecule has 132 valence electrons. The van der Waals surface area contributed by atoms with Crippen LogP contribution in [0, 0.1) is 13.8 Å². The average Bonchev–Trinajstić information content (AvgIpc) is 3.22. The van der Waals surface area contributed by atoms with Gasteiger partial charge in [-0.25, -0.2) is 4.98 Å². The second-order valence-electron chi connectivity index (χ2n) is 6.13. The predicted octanol–water partition coefficient (Wildman–Crippen LogP) is 3.87. The topological polar surface area (TPSA) is 73.6 Å². The molecule has 1 N–H and O–H groups in total. The van der Waals surface area contributed by atoms with Crippen molar-refractivity contribution < 1.29 is 18.7 Å². The number of oxazole rings is 1. The summed E-state index contributed by atoms with van der Waals surface area (Å²) in [6.45, 7) is 4.02.